The number of rotatable bonds is 3. The zero-order valence-electron chi connectivity index (χ0n) is 13.8. The summed E-state index contributed by atoms with van der Waals surface area (Å²) in [6.45, 7) is 6.69. The molecular formula is C16H22N2O4S. The number of fused-ring (bicyclic) bond motifs is 2. The van der Waals surface area contributed by atoms with E-state index >= 15 is 0 Å². The molecule has 4 atom stereocenters. The Labute approximate surface area is 136 Å². The molecule has 126 valence electrons. The summed E-state index contributed by atoms with van der Waals surface area (Å²) < 4.78 is 28.6. The third-order valence-corrected chi connectivity index (χ3v) is 6.58. The van der Waals surface area contributed by atoms with Crippen molar-refractivity contribution >= 4 is 15.8 Å². The first-order valence-electron chi connectivity index (χ1n) is 7.85. The highest BCUT2D eigenvalue weighted by Gasteiger charge is 2.57. The Kier molecular flexibility index (Phi) is 3.74. The Hall–Kier alpha value is -1.50. The van der Waals surface area contributed by atoms with Crippen LogP contribution >= 0.6 is 0 Å². The van der Waals surface area contributed by atoms with Crippen LogP contribution in [-0.2, 0) is 14.6 Å². The maximum Gasteiger partial charge on any atom is 0.357 e. The van der Waals surface area contributed by atoms with Crippen LogP contribution in [0.5, 0.6) is 0 Å². The average Bonchev–Trinajstić information content (AvgIpc) is 2.48. The molecule has 1 aromatic heterocycles. The summed E-state index contributed by atoms with van der Waals surface area (Å²) in [5.41, 5.74) is 0.312. The largest absolute Gasteiger partial charge is 0.457 e. The van der Waals surface area contributed by atoms with E-state index in [0.29, 0.717) is 23.2 Å². The van der Waals surface area contributed by atoms with E-state index in [2.05, 4.69) is 30.7 Å². The molecule has 3 aliphatic carbocycles. The van der Waals surface area contributed by atoms with E-state index in [9.17, 15) is 13.2 Å². The minimum Gasteiger partial charge on any atom is -0.457 e. The minimum atomic E-state index is -3.55. The molecule has 0 saturated heterocycles. The van der Waals surface area contributed by atoms with Gasteiger partial charge in [0.1, 0.15) is 6.10 Å². The highest BCUT2D eigenvalue weighted by Crippen LogP contribution is 2.61. The van der Waals surface area contributed by atoms with Gasteiger partial charge in [-0.1, -0.05) is 20.8 Å². The van der Waals surface area contributed by atoms with E-state index in [-0.39, 0.29) is 17.0 Å². The summed E-state index contributed by atoms with van der Waals surface area (Å²) in [6.07, 6.45) is 4.21. The zero-order valence-corrected chi connectivity index (χ0v) is 14.6. The number of carbonyl (C=O) groups is 1. The smallest absolute Gasteiger partial charge is 0.357 e. The summed E-state index contributed by atoms with van der Waals surface area (Å²) in [5.74, 6) is 0.873. The molecule has 4 rings (SSSR count). The lowest BCUT2D eigenvalue weighted by atomic mass is 9.45. The summed E-state index contributed by atoms with van der Waals surface area (Å²) in [5, 5.41) is -0.354. The monoisotopic (exact) mass is 338 g/mol. The molecule has 6 nitrogen and oxygen atoms in total. The van der Waals surface area contributed by atoms with Crippen LogP contribution in [0.15, 0.2) is 17.4 Å². The first-order valence-corrected chi connectivity index (χ1v) is 9.74. The van der Waals surface area contributed by atoms with Crippen LogP contribution in [0.25, 0.3) is 0 Å². The summed E-state index contributed by atoms with van der Waals surface area (Å²) >= 11 is 0. The van der Waals surface area contributed by atoms with E-state index in [0.717, 1.165) is 12.7 Å². The standard InChI is InChI=1S/C16H22N2O4S/c1-9-11-7-10(16(11,2)3)8-13(9)22-14(19)12-5-6-17-15(18-12)23(4,20)21/h5-6,9-11,13H,7-8H2,1-4H3. The molecule has 3 saturated carbocycles. The second-order valence-corrected chi connectivity index (χ2v) is 9.31. The molecule has 4 unspecified atom stereocenters. The second-order valence-electron chi connectivity index (χ2n) is 7.40. The van der Waals surface area contributed by atoms with Crippen molar-refractivity contribution in [2.45, 2.75) is 44.9 Å². The number of sulfone groups is 1. The molecule has 3 aliphatic rings. The number of nitrogens with zero attached hydrogens (tertiary/aromatic N) is 2. The molecule has 0 aliphatic heterocycles. The van der Waals surface area contributed by atoms with Crippen molar-refractivity contribution in [3.05, 3.63) is 18.0 Å². The van der Waals surface area contributed by atoms with Crippen LogP contribution in [0.1, 0.15) is 44.1 Å². The van der Waals surface area contributed by atoms with E-state index in [1.807, 2.05) is 0 Å². The lowest BCUT2D eigenvalue weighted by Gasteiger charge is -2.61. The van der Waals surface area contributed by atoms with Gasteiger partial charge in [-0.2, -0.15) is 0 Å². The van der Waals surface area contributed by atoms with E-state index < -0.39 is 15.8 Å². The average molecular weight is 338 g/mol. The maximum atomic E-state index is 12.3. The third-order valence-electron chi connectivity index (χ3n) is 5.72. The van der Waals surface area contributed by atoms with Gasteiger partial charge in [-0.25, -0.2) is 23.2 Å². The predicted molar refractivity (Wildman–Crippen MR) is 83.5 cm³/mol. The summed E-state index contributed by atoms with van der Waals surface area (Å²) in [6, 6.07) is 1.38. The van der Waals surface area contributed by atoms with Gasteiger partial charge in [-0.3, -0.25) is 0 Å². The Bertz CT molecular complexity index is 744. The quantitative estimate of drug-likeness (QED) is 0.620. The maximum absolute atomic E-state index is 12.3. The van der Waals surface area contributed by atoms with Gasteiger partial charge < -0.3 is 4.74 Å². The van der Waals surface area contributed by atoms with Crippen LogP contribution in [0, 0.1) is 23.2 Å². The van der Waals surface area contributed by atoms with Crippen molar-refractivity contribution in [1.29, 1.82) is 0 Å². The molecule has 0 aromatic carbocycles. The molecule has 0 spiro atoms. The molecule has 23 heavy (non-hydrogen) atoms. The lowest BCUT2D eigenvalue weighted by molar-refractivity contribution is -0.156. The molecule has 1 heterocycles. The Balaban J connectivity index is 1.74. The predicted octanol–water partition coefficient (Wildman–Crippen LogP) is 2.11. The molecule has 0 N–H and O–H groups in total. The molecule has 2 bridgehead atoms. The van der Waals surface area contributed by atoms with Gasteiger partial charge in [0.25, 0.3) is 0 Å². The normalized spacial score (nSPS) is 32.0. The highest BCUT2D eigenvalue weighted by molar-refractivity contribution is 7.90. The van der Waals surface area contributed by atoms with E-state index in [1.165, 1.54) is 18.7 Å². The van der Waals surface area contributed by atoms with Crippen molar-refractivity contribution < 1.29 is 17.9 Å². The lowest BCUT2D eigenvalue weighted by Crippen LogP contribution is -2.57. The topological polar surface area (TPSA) is 86.2 Å². The van der Waals surface area contributed by atoms with Crippen molar-refractivity contribution in [1.82, 2.24) is 9.97 Å². The van der Waals surface area contributed by atoms with Gasteiger partial charge in [-0.15, -0.1) is 0 Å². The van der Waals surface area contributed by atoms with Gasteiger partial charge in [0.2, 0.25) is 15.0 Å². The van der Waals surface area contributed by atoms with E-state index in [4.69, 9.17) is 4.74 Å². The molecule has 1 aromatic rings. The van der Waals surface area contributed by atoms with Crippen LogP contribution in [0.4, 0.5) is 0 Å². The first kappa shape index (κ1) is 16.4. The van der Waals surface area contributed by atoms with Gasteiger partial charge >= 0.3 is 5.97 Å². The van der Waals surface area contributed by atoms with Crippen molar-refractivity contribution in [3.63, 3.8) is 0 Å². The third kappa shape index (κ3) is 2.75. The van der Waals surface area contributed by atoms with Gasteiger partial charge in [0, 0.05) is 12.5 Å². The second kappa shape index (κ2) is 5.26. The number of aromatic nitrogens is 2. The van der Waals surface area contributed by atoms with Gasteiger partial charge in [0.05, 0.1) is 0 Å². The highest BCUT2D eigenvalue weighted by atomic mass is 32.2. The SMILES string of the molecule is CC1C(OC(=O)c2ccnc(S(C)(=O)=O)n2)CC2CC1C2(C)C. The van der Waals surface area contributed by atoms with Crippen molar-refractivity contribution in [2.75, 3.05) is 6.26 Å². The Morgan fingerprint density at radius 1 is 1.35 bits per heavy atom. The number of hydrogen-bond donors (Lipinski definition) is 0. The Morgan fingerprint density at radius 2 is 2.04 bits per heavy atom. The molecular weight excluding hydrogens is 316 g/mol. The van der Waals surface area contributed by atoms with Crippen LogP contribution in [0.2, 0.25) is 0 Å². The fourth-order valence-electron chi connectivity index (χ4n) is 4.09. The molecule has 7 heteroatoms. The fraction of sp³-hybridized carbons (Fsp3) is 0.688. The van der Waals surface area contributed by atoms with Crippen molar-refractivity contribution in [2.24, 2.45) is 23.2 Å². The first-order chi connectivity index (χ1) is 10.6. The van der Waals surface area contributed by atoms with Crippen LogP contribution in [-0.4, -0.2) is 36.7 Å². The van der Waals surface area contributed by atoms with Crippen LogP contribution < -0.4 is 0 Å². The summed E-state index contributed by atoms with van der Waals surface area (Å²) in [4.78, 5) is 19.8. The number of carbonyl (C=O) groups excluding carboxylic acids is 1. The fourth-order valence-corrected chi connectivity index (χ4v) is 4.61. The molecule has 0 radical (unpaired) electrons. The molecule has 0 amide bonds. The van der Waals surface area contributed by atoms with E-state index in [1.54, 1.807) is 0 Å². The number of esters is 1. The zero-order chi connectivity index (χ0) is 17.0. The van der Waals surface area contributed by atoms with Gasteiger partial charge in [0.15, 0.2) is 5.69 Å². The minimum absolute atomic E-state index is 0.00821. The number of hydrogen-bond acceptors (Lipinski definition) is 6. The molecule has 3 fully saturated rings. The number of ether oxygens (including phenoxy) is 1. The van der Waals surface area contributed by atoms with Crippen molar-refractivity contribution in [3.8, 4) is 0 Å². The van der Waals surface area contributed by atoms with Gasteiger partial charge in [-0.05, 0) is 42.1 Å². The Morgan fingerprint density at radius 3 is 2.61 bits per heavy atom. The summed E-state index contributed by atoms with van der Waals surface area (Å²) in [7, 11) is -3.55. The van der Waals surface area contributed by atoms with Crippen LogP contribution in [0.3, 0.4) is 0 Å².